The van der Waals surface area contributed by atoms with E-state index in [2.05, 4.69) is 0 Å². The molecule has 0 fully saturated rings. The molecule has 122 valence electrons. The van der Waals surface area contributed by atoms with E-state index >= 15 is 0 Å². The van der Waals surface area contributed by atoms with Crippen LogP contribution in [0.4, 0.5) is 0 Å². The maximum absolute atomic E-state index is 10.0. The Labute approximate surface area is 129 Å². The van der Waals surface area contributed by atoms with E-state index in [1.165, 1.54) is 0 Å². The first-order chi connectivity index (χ1) is 9.52. The molecule has 0 radical (unpaired) electrons. The number of rotatable bonds is 8. The summed E-state index contributed by atoms with van der Waals surface area (Å²) in [7, 11) is 0. The molecule has 0 spiro atoms. The van der Waals surface area contributed by atoms with Crippen LogP contribution in [-0.4, -0.2) is 73.6 Å². The van der Waals surface area contributed by atoms with Crippen molar-refractivity contribution in [1.29, 1.82) is 0 Å². The zero-order valence-electron chi connectivity index (χ0n) is 11.5. The Bertz CT molecular complexity index is 367. The molecular weight excluding hydrogens is 302 g/mol. The molecule has 0 heterocycles. The summed E-state index contributed by atoms with van der Waals surface area (Å²) in [5.74, 6) is 0. The van der Waals surface area contributed by atoms with Crippen LogP contribution in [0.2, 0.25) is 0 Å². The van der Waals surface area contributed by atoms with E-state index < -0.39 is 43.0 Å². The molecule has 0 aliphatic rings. The lowest BCUT2D eigenvalue weighted by Crippen LogP contribution is -3.00. The molecule has 0 amide bonds. The highest BCUT2D eigenvalue weighted by Gasteiger charge is 2.48. The van der Waals surface area contributed by atoms with Gasteiger partial charge in [0.25, 0.3) is 0 Å². The van der Waals surface area contributed by atoms with Gasteiger partial charge in [0.05, 0.1) is 0 Å². The molecule has 21 heavy (non-hydrogen) atoms. The minimum atomic E-state index is -1.56. The number of hydrogen-bond donors (Lipinski definition) is 6. The highest BCUT2D eigenvalue weighted by atomic mass is 35.5. The van der Waals surface area contributed by atoms with E-state index in [0.29, 0.717) is 5.56 Å². The number of quaternary nitrogens is 1. The van der Waals surface area contributed by atoms with Gasteiger partial charge >= 0.3 is 0 Å². The van der Waals surface area contributed by atoms with E-state index in [-0.39, 0.29) is 19.0 Å². The molecule has 1 rings (SSSR count). The van der Waals surface area contributed by atoms with Crippen LogP contribution in [0.25, 0.3) is 0 Å². The van der Waals surface area contributed by atoms with E-state index in [1.807, 2.05) is 0 Å². The van der Waals surface area contributed by atoms with Crippen LogP contribution in [-0.2, 0) is 6.54 Å². The molecule has 7 nitrogen and oxygen atoms in total. The summed E-state index contributed by atoms with van der Waals surface area (Å²) in [6.45, 7) is -2.27. The van der Waals surface area contributed by atoms with Crippen molar-refractivity contribution in [3.63, 3.8) is 0 Å². The van der Waals surface area contributed by atoms with E-state index in [4.69, 9.17) is 0 Å². The van der Waals surface area contributed by atoms with Gasteiger partial charge in [-0.15, -0.1) is 0 Å². The molecule has 3 atom stereocenters. The van der Waals surface area contributed by atoms with Gasteiger partial charge in [-0.1, -0.05) is 30.3 Å². The van der Waals surface area contributed by atoms with Gasteiger partial charge < -0.3 is 43.0 Å². The van der Waals surface area contributed by atoms with Gasteiger partial charge in [-0.05, 0) is 0 Å². The molecule has 0 bridgehead atoms. The lowest BCUT2D eigenvalue weighted by Gasteiger charge is -2.46. The molecule has 1 aromatic carbocycles. The largest absolute Gasteiger partial charge is 1.00 e. The summed E-state index contributed by atoms with van der Waals surface area (Å²) < 4.78 is -0.854. The van der Waals surface area contributed by atoms with Gasteiger partial charge in [0.2, 0.25) is 18.7 Å². The number of benzene rings is 1. The predicted molar refractivity (Wildman–Crippen MR) is 69.7 cm³/mol. The molecule has 3 unspecified atom stereocenters. The average molecular weight is 324 g/mol. The highest BCUT2D eigenvalue weighted by Crippen LogP contribution is 2.25. The smallest absolute Gasteiger partial charge is 0.218 e. The van der Waals surface area contributed by atoms with Crippen LogP contribution in [0.5, 0.6) is 0 Å². The van der Waals surface area contributed by atoms with E-state index in [9.17, 15) is 30.6 Å². The normalized spacial score (nSPS) is 18.2. The minimum Gasteiger partial charge on any atom is -1.00 e. The molecule has 6 N–H and O–H groups in total. The third-order valence-electron chi connectivity index (χ3n) is 3.45. The van der Waals surface area contributed by atoms with Crippen molar-refractivity contribution in [1.82, 2.24) is 0 Å². The summed E-state index contributed by atoms with van der Waals surface area (Å²) in [5.41, 5.74) is 0.667. The monoisotopic (exact) mass is 323 g/mol. The van der Waals surface area contributed by atoms with Crippen LogP contribution < -0.4 is 12.4 Å². The number of halogens is 1. The maximum atomic E-state index is 10.0. The molecule has 0 saturated heterocycles. The number of aliphatic hydroxyl groups excluding tert-OH is 6. The Balaban J connectivity index is 0.00000400. The van der Waals surface area contributed by atoms with Crippen LogP contribution in [0.1, 0.15) is 5.56 Å². The molecule has 0 aliphatic carbocycles. The van der Waals surface area contributed by atoms with Gasteiger partial charge in [-0.3, -0.25) is 0 Å². The fourth-order valence-corrected chi connectivity index (χ4v) is 2.27. The number of hydrogen-bond acceptors (Lipinski definition) is 6. The fourth-order valence-electron chi connectivity index (χ4n) is 2.27. The number of nitrogens with zero attached hydrogens (tertiary/aromatic N) is 1. The van der Waals surface area contributed by atoms with Crippen LogP contribution in [0.3, 0.4) is 0 Å². The van der Waals surface area contributed by atoms with Gasteiger partial charge in [-0.25, -0.2) is 4.48 Å². The van der Waals surface area contributed by atoms with Crippen LogP contribution >= 0.6 is 0 Å². The van der Waals surface area contributed by atoms with Gasteiger partial charge in [-0.2, -0.15) is 0 Å². The molecule has 1 aromatic rings. The Morgan fingerprint density at radius 1 is 0.762 bits per heavy atom. The Kier molecular flexibility index (Phi) is 8.95. The maximum Gasteiger partial charge on any atom is 0.218 e. The minimum absolute atomic E-state index is 0. The predicted octanol–water partition coefficient (Wildman–Crippen LogP) is -5.06. The Morgan fingerprint density at radius 2 is 1.14 bits per heavy atom. The third kappa shape index (κ3) is 4.35. The van der Waals surface area contributed by atoms with E-state index in [0.717, 1.165) is 0 Å². The first-order valence-corrected chi connectivity index (χ1v) is 6.30. The quantitative estimate of drug-likeness (QED) is 0.210. The second-order valence-corrected chi connectivity index (χ2v) is 4.63. The van der Waals surface area contributed by atoms with Crippen molar-refractivity contribution in [3.8, 4) is 0 Å². The second kappa shape index (κ2) is 9.29. The molecule has 0 saturated carbocycles. The SMILES string of the molecule is OCC(O)[N+](Cc1ccccc1)(C(O)CO)C(O)CO.[Cl-]. The van der Waals surface area contributed by atoms with Crippen molar-refractivity contribution < 1.29 is 47.5 Å². The first kappa shape index (κ1) is 20.2. The standard InChI is InChI=1S/C13H22NO6.ClH/c15-7-11(18)14(12(19)8-16,13(20)9-17)6-10-4-2-1-3-5-10;/h1-5,11-13,15-20H,6-9H2;1H/q+1;/p-1. The van der Waals surface area contributed by atoms with Gasteiger partial charge in [0.1, 0.15) is 26.4 Å². The molecule has 8 heteroatoms. The molecular formula is C13H22ClNO6. The van der Waals surface area contributed by atoms with Crippen molar-refractivity contribution in [2.24, 2.45) is 0 Å². The summed E-state index contributed by atoms with van der Waals surface area (Å²) in [6.07, 6.45) is -4.67. The summed E-state index contributed by atoms with van der Waals surface area (Å²) in [5, 5.41) is 57.6. The summed E-state index contributed by atoms with van der Waals surface area (Å²) in [6, 6.07) is 8.69. The average Bonchev–Trinajstić information content (AvgIpc) is 2.51. The molecule has 0 aliphatic heterocycles. The zero-order valence-corrected chi connectivity index (χ0v) is 12.2. The highest BCUT2D eigenvalue weighted by molar-refractivity contribution is 5.13. The van der Waals surface area contributed by atoms with E-state index in [1.54, 1.807) is 30.3 Å². The summed E-state index contributed by atoms with van der Waals surface area (Å²) in [4.78, 5) is 0. The third-order valence-corrected chi connectivity index (χ3v) is 3.45. The Hall–Kier alpha value is -0.770. The first-order valence-electron chi connectivity index (χ1n) is 6.30. The van der Waals surface area contributed by atoms with Gasteiger partial charge in [0.15, 0.2) is 0 Å². The summed E-state index contributed by atoms with van der Waals surface area (Å²) >= 11 is 0. The number of aliphatic hydroxyl groups is 6. The zero-order chi connectivity index (χ0) is 15.2. The van der Waals surface area contributed by atoms with Crippen LogP contribution in [0, 0.1) is 0 Å². The topological polar surface area (TPSA) is 121 Å². The van der Waals surface area contributed by atoms with Crippen molar-refractivity contribution in [2.45, 2.75) is 25.2 Å². The van der Waals surface area contributed by atoms with Crippen molar-refractivity contribution >= 4 is 0 Å². The van der Waals surface area contributed by atoms with Crippen molar-refractivity contribution in [3.05, 3.63) is 35.9 Å². The lowest BCUT2D eigenvalue weighted by molar-refractivity contribution is -1.06. The fraction of sp³-hybridized carbons (Fsp3) is 0.538. The second-order valence-electron chi connectivity index (χ2n) is 4.63. The molecule has 0 aromatic heterocycles. The van der Waals surface area contributed by atoms with Gasteiger partial charge in [0, 0.05) is 5.56 Å². The van der Waals surface area contributed by atoms with Crippen molar-refractivity contribution in [2.75, 3.05) is 19.8 Å². The lowest BCUT2D eigenvalue weighted by atomic mass is 10.1. The van der Waals surface area contributed by atoms with Crippen LogP contribution in [0.15, 0.2) is 30.3 Å². The Morgan fingerprint density at radius 3 is 1.48 bits per heavy atom.